The Morgan fingerprint density at radius 1 is 0.531 bits per heavy atom. The fourth-order valence-corrected chi connectivity index (χ4v) is 4.24. The van der Waals surface area contributed by atoms with Gasteiger partial charge < -0.3 is 37.9 Å². The highest BCUT2D eigenvalue weighted by atomic mass is 16.6. The minimum atomic E-state index is -0.500. The van der Waals surface area contributed by atoms with Crippen LogP contribution in [-0.4, -0.2) is 89.9 Å². The van der Waals surface area contributed by atoms with Crippen LogP contribution in [0, 0.1) is 0 Å². The molecule has 2 aromatic rings. The highest BCUT2D eigenvalue weighted by Crippen LogP contribution is 2.33. The Morgan fingerprint density at radius 2 is 0.898 bits per heavy atom. The Balaban J connectivity index is 1.60. The standard InChI is InChI=1S/C37H48O12/c1-5-33(38)46-23-21-42-19-7-9-35(40)48-27-25-44-31-15-11-29(12-16-31)37(3,4)30-13-17-32(18-14-30)45-26-28-49-36(41)10-8-20-43-22-24-47-34(39)6-2/h5-6,11-18H,1-2,7-10,19-28H2,3-4H3. The second-order valence-electron chi connectivity index (χ2n) is 11.0. The summed E-state index contributed by atoms with van der Waals surface area (Å²) in [5.74, 6) is -0.329. The Labute approximate surface area is 288 Å². The summed E-state index contributed by atoms with van der Waals surface area (Å²) >= 11 is 0. The van der Waals surface area contributed by atoms with Gasteiger partial charge in [-0.3, -0.25) is 9.59 Å². The molecule has 268 valence electrons. The smallest absolute Gasteiger partial charge is 0.330 e. The molecule has 0 heterocycles. The van der Waals surface area contributed by atoms with Crippen LogP contribution in [0.4, 0.5) is 0 Å². The van der Waals surface area contributed by atoms with Crippen molar-refractivity contribution >= 4 is 23.9 Å². The van der Waals surface area contributed by atoms with E-state index in [1.165, 1.54) is 0 Å². The van der Waals surface area contributed by atoms with E-state index in [1.54, 1.807) is 0 Å². The van der Waals surface area contributed by atoms with Crippen molar-refractivity contribution in [2.45, 2.75) is 44.9 Å². The molecule has 0 atom stereocenters. The molecular formula is C37H48O12. The molecular weight excluding hydrogens is 636 g/mol. The maximum atomic E-state index is 11.9. The molecule has 0 aliphatic rings. The van der Waals surface area contributed by atoms with E-state index in [-0.39, 0.29) is 83.1 Å². The zero-order valence-electron chi connectivity index (χ0n) is 28.5. The van der Waals surface area contributed by atoms with E-state index in [0.29, 0.717) is 37.6 Å². The average molecular weight is 685 g/mol. The molecule has 0 amide bonds. The second-order valence-corrected chi connectivity index (χ2v) is 11.0. The monoisotopic (exact) mass is 684 g/mol. The molecule has 12 nitrogen and oxygen atoms in total. The minimum Gasteiger partial charge on any atom is -0.490 e. The van der Waals surface area contributed by atoms with Gasteiger partial charge in [0.15, 0.2) is 0 Å². The number of hydrogen-bond acceptors (Lipinski definition) is 12. The SMILES string of the molecule is C=CC(=O)OCCOCCCC(=O)OCCOc1ccc(C(C)(C)c2ccc(OCCOC(=O)CCCOCCOC(=O)C=C)cc2)cc1. The number of carbonyl (C=O) groups excluding carboxylic acids is 4. The Morgan fingerprint density at radius 3 is 1.27 bits per heavy atom. The van der Waals surface area contributed by atoms with Gasteiger partial charge >= 0.3 is 23.9 Å². The normalized spacial score (nSPS) is 10.8. The molecule has 0 N–H and O–H groups in total. The third-order valence-corrected chi connectivity index (χ3v) is 7.00. The third kappa shape index (κ3) is 17.3. The quantitative estimate of drug-likeness (QED) is 0.0575. The van der Waals surface area contributed by atoms with E-state index < -0.39 is 11.9 Å². The van der Waals surface area contributed by atoms with E-state index in [1.807, 2.05) is 48.5 Å². The van der Waals surface area contributed by atoms with E-state index in [0.717, 1.165) is 23.3 Å². The van der Waals surface area contributed by atoms with Gasteiger partial charge in [0.1, 0.15) is 51.1 Å². The first kappa shape index (κ1) is 40.5. The lowest BCUT2D eigenvalue weighted by molar-refractivity contribution is -0.145. The molecule has 12 heteroatoms. The van der Waals surface area contributed by atoms with Gasteiger partial charge in [-0.1, -0.05) is 51.3 Å². The fourth-order valence-electron chi connectivity index (χ4n) is 4.24. The first-order valence-electron chi connectivity index (χ1n) is 16.2. The van der Waals surface area contributed by atoms with Gasteiger partial charge in [-0.2, -0.15) is 0 Å². The van der Waals surface area contributed by atoms with Crippen LogP contribution >= 0.6 is 0 Å². The molecule has 2 aromatic carbocycles. The second kappa shape index (κ2) is 23.6. The lowest BCUT2D eigenvalue weighted by Gasteiger charge is -2.26. The van der Waals surface area contributed by atoms with E-state index in [9.17, 15) is 19.2 Å². The summed E-state index contributed by atoms with van der Waals surface area (Å²) in [6.45, 7) is 13.1. The number of hydrogen-bond donors (Lipinski definition) is 0. The Hall–Kier alpha value is -4.68. The molecule has 0 bridgehead atoms. The maximum Gasteiger partial charge on any atom is 0.330 e. The van der Waals surface area contributed by atoms with Crippen molar-refractivity contribution in [3.63, 3.8) is 0 Å². The summed E-state index contributed by atoms with van der Waals surface area (Å²) in [5.41, 5.74) is 1.89. The predicted octanol–water partition coefficient (Wildman–Crippen LogP) is 4.91. The van der Waals surface area contributed by atoms with Gasteiger partial charge in [0.05, 0.1) is 13.2 Å². The molecule has 0 saturated heterocycles. The van der Waals surface area contributed by atoms with E-state index in [4.69, 9.17) is 37.9 Å². The lowest BCUT2D eigenvalue weighted by Crippen LogP contribution is -2.19. The number of carbonyl (C=O) groups is 4. The number of rotatable bonds is 26. The largest absolute Gasteiger partial charge is 0.490 e. The topological polar surface area (TPSA) is 142 Å². The van der Waals surface area contributed by atoms with Gasteiger partial charge in [-0.05, 0) is 48.2 Å². The van der Waals surface area contributed by atoms with Gasteiger partial charge in [-0.15, -0.1) is 0 Å². The van der Waals surface area contributed by atoms with Gasteiger partial charge in [-0.25, -0.2) is 9.59 Å². The summed E-state index contributed by atoms with van der Waals surface area (Å²) in [4.78, 5) is 45.7. The molecule has 0 unspecified atom stereocenters. The Kier molecular flexibility index (Phi) is 19.5. The van der Waals surface area contributed by atoms with E-state index in [2.05, 4.69) is 27.0 Å². The fraction of sp³-hybridized carbons (Fsp3) is 0.459. The molecule has 2 rings (SSSR count). The van der Waals surface area contributed by atoms with Crippen LogP contribution in [0.15, 0.2) is 73.8 Å². The summed E-state index contributed by atoms with van der Waals surface area (Å²) < 4.78 is 42.1. The molecule has 0 aromatic heterocycles. The Bertz CT molecular complexity index is 1200. The van der Waals surface area contributed by atoms with Crippen LogP contribution in [-0.2, 0) is 53.0 Å². The molecule has 0 fully saturated rings. The van der Waals surface area contributed by atoms with Crippen molar-refractivity contribution in [1.29, 1.82) is 0 Å². The first-order valence-corrected chi connectivity index (χ1v) is 16.2. The molecule has 0 saturated carbocycles. The van der Waals surface area contributed by atoms with Gasteiger partial charge in [0.25, 0.3) is 0 Å². The highest BCUT2D eigenvalue weighted by Gasteiger charge is 2.23. The average Bonchev–Trinajstić information content (AvgIpc) is 3.11. The minimum absolute atomic E-state index is 0.135. The summed E-state index contributed by atoms with van der Waals surface area (Å²) in [5, 5.41) is 0. The number of ether oxygens (including phenoxy) is 8. The summed E-state index contributed by atoms with van der Waals surface area (Å²) in [6, 6.07) is 15.6. The van der Waals surface area contributed by atoms with Crippen LogP contribution in [0.2, 0.25) is 0 Å². The van der Waals surface area contributed by atoms with Crippen LogP contribution < -0.4 is 9.47 Å². The molecule has 0 aliphatic carbocycles. The van der Waals surface area contributed by atoms with Crippen molar-refractivity contribution in [2.24, 2.45) is 0 Å². The van der Waals surface area contributed by atoms with Crippen LogP contribution in [0.25, 0.3) is 0 Å². The maximum absolute atomic E-state index is 11.9. The molecule has 0 spiro atoms. The van der Waals surface area contributed by atoms with Crippen molar-refractivity contribution < 1.29 is 57.1 Å². The predicted molar refractivity (Wildman–Crippen MR) is 180 cm³/mol. The number of benzene rings is 2. The zero-order chi connectivity index (χ0) is 35.7. The molecule has 0 aliphatic heterocycles. The summed E-state index contributed by atoms with van der Waals surface area (Å²) in [7, 11) is 0. The lowest BCUT2D eigenvalue weighted by atomic mass is 9.78. The zero-order valence-corrected chi connectivity index (χ0v) is 28.5. The van der Waals surface area contributed by atoms with Crippen LogP contribution in [0.5, 0.6) is 11.5 Å². The highest BCUT2D eigenvalue weighted by molar-refractivity contribution is 5.81. The van der Waals surface area contributed by atoms with Crippen molar-refractivity contribution in [2.75, 3.05) is 66.1 Å². The number of esters is 4. The summed E-state index contributed by atoms with van der Waals surface area (Å²) in [6.07, 6.45) is 3.61. The van der Waals surface area contributed by atoms with Crippen LogP contribution in [0.3, 0.4) is 0 Å². The van der Waals surface area contributed by atoms with Crippen molar-refractivity contribution in [3.8, 4) is 11.5 Å². The third-order valence-electron chi connectivity index (χ3n) is 7.00. The van der Waals surface area contributed by atoms with Gasteiger partial charge in [0, 0.05) is 43.6 Å². The first-order chi connectivity index (χ1) is 23.6. The van der Waals surface area contributed by atoms with Gasteiger partial charge in [0.2, 0.25) is 0 Å². The molecule has 49 heavy (non-hydrogen) atoms. The van der Waals surface area contributed by atoms with E-state index >= 15 is 0 Å². The van der Waals surface area contributed by atoms with Crippen molar-refractivity contribution in [1.82, 2.24) is 0 Å². The van der Waals surface area contributed by atoms with Crippen LogP contribution in [0.1, 0.15) is 50.7 Å². The van der Waals surface area contributed by atoms with Crippen molar-refractivity contribution in [3.05, 3.63) is 85.0 Å². The molecule has 0 radical (unpaired) electrons.